The molecule has 298 valence electrons. The fraction of sp³-hybridized carbons (Fsp3) is 0.795. The summed E-state index contributed by atoms with van der Waals surface area (Å²) in [7, 11) is -2.84. The molecule has 5 fully saturated rings. The highest BCUT2D eigenvalue weighted by molar-refractivity contribution is 7.91. The molecule has 0 amide bonds. The number of fused-ring (bicyclic) bond motifs is 7. The van der Waals surface area contributed by atoms with Gasteiger partial charge >= 0.3 is 5.97 Å². The van der Waals surface area contributed by atoms with E-state index in [2.05, 4.69) is 60.0 Å². The largest absolute Gasteiger partial charge is 0.481 e. The molecule has 1 aromatic rings. The van der Waals surface area contributed by atoms with Crippen molar-refractivity contribution in [1.82, 2.24) is 20.2 Å². The van der Waals surface area contributed by atoms with E-state index in [1.165, 1.54) is 68.9 Å². The van der Waals surface area contributed by atoms with Crippen molar-refractivity contribution >= 4 is 15.8 Å². The van der Waals surface area contributed by atoms with Crippen LogP contribution in [0.15, 0.2) is 41.9 Å². The average molecular weight is 763 g/mol. The van der Waals surface area contributed by atoms with E-state index in [-0.39, 0.29) is 11.0 Å². The molecule has 0 bridgehead atoms. The van der Waals surface area contributed by atoms with Crippen molar-refractivity contribution in [2.75, 3.05) is 44.3 Å². The standard InChI is InChI=1S/C44H66N4O5S/c1-31-33(32-9-16-43(17-10-32,39(49)50)20-27-53-38-30-45-21-22-46-38)11-14-40(2)34(31)12-15-42(4)37(40)8-7-35-36-6-5-13-44(36,19-18-41(35,42)3)47-23-24-48-25-28-54(51,52)29-26-48/h9,11,21-22,30-31,34-37,47H,5-8,10,12-20,23-29H2,1-4H3,(H,49,50)/t31?,34?,35?,36-,37?,40?,41-,42?,43?,44?/m1/s1. The number of hydrogen-bond donors (Lipinski definition) is 2. The van der Waals surface area contributed by atoms with Crippen molar-refractivity contribution in [2.24, 2.45) is 51.2 Å². The van der Waals surface area contributed by atoms with Gasteiger partial charge in [0, 0.05) is 44.1 Å². The summed E-state index contributed by atoms with van der Waals surface area (Å²) >= 11 is 0. The molecule has 0 aromatic carbocycles. The van der Waals surface area contributed by atoms with Crippen molar-refractivity contribution in [1.29, 1.82) is 0 Å². The third kappa shape index (κ3) is 6.40. The second-order valence-corrected chi connectivity index (χ2v) is 21.9. The molecule has 1 aliphatic heterocycles. The lowest BCUT2D eigenvalue weighted by Gasteiger charge is -2.71. The minimum Gasteiger partial charge on any atom is -0.481 e. The van der Waals surface area contributed by atoms with Gasteiger partial charge in [-0.15, -0.1) is 0 Å². The normalized spacial score (nSPS) is 43.1. The van der Waals surface area contributed by atoms with E-state index in [1.807, 2.05) is 0 Å². The summed E-state index contributed by atoms with van der Waals surface area (Å²) < 4.78 is 29.7. The number of carbonyl (C=O) groups is 1. The predicted octanol–water partition coefficient (Wildman–Crippen LogP) is 7.50. The molecule has 2 heterocycles. The Hall–Kier alpha value is -2.30. The zero-order chi connectivity index (χ0) is 38.0. The molecular weight excluding hydrogens is 697 g/mol. The number of sulfone groups is 1. The number of nitrogens with one attached hydrogen (secondary N) is 1. The summed E-state index contributed by atoms with van der Waals surface area (Å²) in [4.78, 5) is 23.2. The lowest BCUT2D eigenvalue weighted by atomic mass is 9.34. The summed E-state index contributed by atoms with van der Waals surface area (Å²) in [5.74, 6) is 3.71. The molecule has 8 rings (SSSR count). The molecule has 0 spiro atoms. The third-order valence-corrected chi connectivity index (χ3v) is 19.3. The van der Waals surface area contributed by atoms with Crippen LogP contribution in [0.5, 0.6) is 5.88 Å². The predicted molar refractivity (Wildman–Crippen MR) is 212 cm³/mol. The van der Waals surface area contributed by atoms with Gasteiger partial charge in [-0.25, -0.2) is 13.4 Å². The van der Waals surface area contributed by atoms with Crippen LogP contribution in [-0.2, 0) is 14.6 Å². The summed E-state index contributed by atoms with van der Waals surface area (Å²) in [6.45, 7) is 14.2. The Labute approximate surface area is 324 Å². The molecule has 7 aliphatic rings. The highest BCUT2D eigenvalue weighted by atomic mass is 32.2. The van der Waals surface area contributed by atoms with Gasteiger partial charge in [-0.2, -0.15) is 0 Å². The van der Waals surface area contributed by atoms with Gasteiger partial charge in [-0.05, 0) is 140 Å². The van der Waals surface area contributed by atoms with Crippen molar-refractivity contribution < 1.29 is 23.1 Å². The maximum atomic E-state index is 12.6. The first kappa shape index (κ1) is 38.6. The van der Waals surface area contributed by atoms with Crippen molar-refractivity contribution in [2.45, 2.75) is 123 Å². The molecule has 4 saturated carbocycles. The van der Waals surface area contributed by atoms with E-state index in [1.54, 1.807) is 18.6 Å². The molecule has 2 N–H and O–H groups in total. The smallest absolute Gasteiger partial charge is 0.310 e. The van der Waals surface area contributed by atoms with Gasteiger partial charge in [-0.3, -0.25) is 9.78 Å². The highest BCUT2D eigenvalue weighted by Gasteiger charge is 2.68. The first-order valence-corrected chi connectivity index (χ1v) is 23.3. The van der Waals surface area contributed by atoms with Gasteiger partial charge in [0.15, 0.2) is 9.84 Å². The van der Waals surface area contributed by atoms with Crippen LogP contribution in [0.1, 0.15) is 118 Å². The molecule has 10 atom stereocenters. The van der Waals surface area contributed by atoms with Gasteiger partial charge in [0.1, 0.15) is 0 Å². The lowest BCUT2D eigenvalue weighted by molar-refractivity contribution is -0.212. The van der Waals surface area contributed by atoms with Crippen LogP contribution >= 0.6 is 0 Å². The summed E-state index contributed by atoms with van der Waals surface area (Å²) in [6.07, 6.45) is 25.1. The van der Waals surface area contributed by atoms with Gasteiger partial charge in [0.25, 0.3) is 0 Å². The molecule has 6 aliphatic carbocycles. The number of allylic oxidation sites excluding steroid dienone is 4. The summed E-state index contributed by atoms with van der Waals surface area (Å²) in [6, 6.07) is 0. The molecule has 1 aromatic heterocycles. The van der Waals surface area contributed by atoms with E-state index >= 15 is 0 Å². The van der Waals surface area contributed by atoms with Gasteiger partial charge in [0.2, 0.25) is 5.88 Å². The van der Waals surface area contributed by atoms with Crippen LogP contribution in [0.4, 0.5) is 0 Å². The first-order chi connectivity index (χ1) is 25.7. The SMILES string of the molecule is CC1C(C2=CCC(CCOc3cnccn3)(C(=O)O)CC2)=CCC2(C)C1CCC1(C)C2CCC2[C@H]3CCCC3(NCCN3CCS(=O)(=O)CC3)CC[C@]21C. The zero-order valence-corrected chi connectivity index (χ0v) is 34.3. The molecule has 0 radical (unpaired) electrons. The molecule has 8 unspecified atom stereocenters. The fourth-order valence-electron chi connectivity index (χ4n) is 14.4. The minimum absolute atomic E-state index is 0.253. The Balaban J connectivity index is 0.942. The average Bonchev–Trinajstić information content (AvgIpc) is 3.58. The van der Waals surface area contributed by atoms with Crippen molar-refractivity contribution in [3.8, 4) is 5.88 Å². The number of ether oxygens (including phenoxy) is 1. The quantitative estimate of drug-likeness (QED) is 0.250. The number of aromatic nitrogens is 2. The number of carboxylic acid groups (broad SMARTS) is 1. The number of nitrogens with zero attached hydrogens (tertiary/aromatic N) is 3. The topological polar surface area (TPSA) is 122 Å². The molecule has 9 nitrogen and oxygen atoms in total. The van der Waals surface area contributed by atoms with E-state index < -0.39 is 21.2 Å². The van der Waals surface area contributed by atoms with E-state index in [9.17, 15) is 18.3 Å². The number of carboxylic acids is 1. The highest BCUT2D eigenvalue weighted by Crippen LogP contribution is 2.75. The Kier molecular flexibility index (Phi) is 10.2. The van der Waals surface area contributed by atoms with E-state index in [4.69, 9.17) is 4.74 Å². The third-order valence-electron chi connectivity index (χ3n) is 17.7. The molecular formula is C44H66N4O5S. The molecule has 54 heavy (non-hydrogen) atoms. The Morgan fingerprint density at radius 3 is 2.48 bits per heavy atom. The summed E-state index contributed by atoms with van der Waals surface area (Å²) in [5.41, 5.74) is 3.31. The van der Waals surface area contributed by atoms with E-state index in [0.717, 1.165) is 43.7 Å². The molecule has 1 saturated heterocycles. The Morgan fingerprint density at radius 1 is 0.944 bits per heavy atom. The zero-order valence-electron chi connectivity index (χ0n) is 33.5. The van der Waals surface area contributed by atoms with E-state index in [0.29, 0.717) is 79.0 Å². The Bertz CT molecular complexity index is 1740. The maximum Gasteiger partial charge on any atom is 0.310 e. The molecule has 10 heteroatoms. The maximum absolute atomic E-state index is 12.6. The van der Waals surface area contributed by atoms with Crippen molar-refractivity contribution in [3.63, 3.8) is 0 Å². The van der Waals surface area contributed by atoms with Gasteiger partial charge in [-0.1, -0.05) is 46.3 Å². The van der Waals surface area contributed by atoms with Crippen LogP contribution < -0.4 is 10.1 Å². The van der Waals surface area contributed by atoms with Gasteiger partial charge < -0.3 is 20.1 Å². The second kappa shape index (κ2) is 14.3. The van der Waals surface area contributed by atoms with Crippen molar-refractivity contribution in [3.05, 3.63) is 41.9 Å². The Morgan fingerprint density at radius 2 is 1.76 bits per heavy atom. The fourth-order valence-corrected chi connectivity index (χ4v) is 15.7. The van der Waals surface area contributed by atoms with Crippen LogP contribution in [-0.4, -0.2) is 84.2 Å². The van der Waals surface area contributed by atoms with Crippen LogP contribution in [0.3, 0.4) is 0 Å². The second-order valence-electron chi connectivity index (χ2n) is 19.6. The number of aliphatic carboxylic acids is 1. The monoisotopic (exact) mass is 762 g/mol. The van der Waals surface area contributed by atoms with Gasteiger partial charge in [0.05, 0.1) is 29.7 Å². The lowest BCUT2D eigenvalue weighted by Crippen LogP contribution is -2.67. The minimum atomic E-state index is -2.84. The summed E-state index contributed by atoms with van der Waals surface area (Å²) in [5, 5.41) is 14.6. The number of hydrogen-bond acceptors (Lipinski definition) is 8. The first-order valence-electron chi connectivity index (χ1n) is 21.4. The number of rotatable bonds is 10. The van der Waals surface area contributed by atoms with Crippen LogP contribution in [0, 0.1) is 51.2 Å². The van der Waals surface area contributed by atoms with Crippen LogP contribution in [0.2, 0.25) is 0 Å². The van der Waals surface area contributed by atoms with Crippen LogP contribution in [0.25, 0.3) is 0 Å².